The molecule has 1 amide bonds. The first-order valence-corrected chi connectivity index (χ1v) is 6.80. The van der Waals surface area contributed by atoms with Gasteiger partial charge in [-0.25, -0.2) is 10.8 Å². The van der Waals surface area contributed by atoms with E-state index in [-0.39, 0.29) is 5.91 Å². The number of amides is 1. The average molecular weight is 262 g/mol. The van der Waals surface area contributed by atoms with Crippen LogP contribution in [-0.2, 0) is 0 Å². The van der Waals surface area contributed by atoms with Gasteiger partial charge in [-0.1, -0.05) is 20.3 Å². The molecule has 1 aliphatic rings. The number of hydrogen-bond acceptors (Lipinski definition) is 4. The molecule has 1 aromatic rings. The summed E-state index contributed by atoms with van der Waals surface area (Å²) in [6.07, 6.45) is 4.92. The number of likely N-dealkylation sites (tertiary alicyclic amines) is 1. The Morgan fingerprint density at radius 1 is 1.53 bits per heavy atom. The first kappa shape index (κ1) is 13.8. The summed E-state index contributed by atoms with van der Waals surface area (Å²) in [6, 6.07) is 3.42. The minimum atomic E-state index is 0.0667. The van der Waals surface area contributed by atoms with E-state index in [1.165, 1.54) is 6.42 Å². The zero-order valence-electron chi connectivity index (χ0n) is 11.6. The van der Waals surface area contributed by atoms with Crippen molar-refractivity contribution in [3.8, 4) is 0 Å². The second-order valence-corrected chi connectivity index (χ2v) is 5.53. The molecule has 5 heteroatoms. The van der Waals surface area contributed by atoms with Crippen LogP contribution >= 0.6 is 0 Å². The number of hydrazine groups is 1. The minimum Gasteiger partial charge on any atom is -0.339 e. The number of nitrogens with one attached hydrogen (secondary N) is 1. The van der Waals surface area contributed by atoms with Crippen LogP contribution in [-0.4, -0.2) is 28.9 Å². The van der Waals surface area contributed by atoms with E-state index in [1.54, 1.807) is 18.3 Å². The van der Waals surface area contributed by atoms with Gasteiger partial charge in [0.05, 0.1) is 0 Å². The van der Waals surface area contributed by atoms with Gasteiger partial charge < -0.3 is 10.3 Å². The fourth-order valence-electron chi connectivity index (χ4n) is 2.43. The van der Waals surface area contributed by atoms with Crippen LogP contribution in [0.25, 0.3) is 0 Å². The molecule has 2 rings (SSSR count). The third-order valence-corrected chi connectivity index (χ3v) is 4.27. The highest BCUT2D eigenvalue weighted by Crippen LogP contribution is 2.34. The van der Waals surface area contributed by atoms with Crippen LogP contribution < -0.4 is 11.3 Å². The van der Waals surface area contributed by atoms with Crippen molar-refractivity contribution in [3.63, 3.8) is 0 Å². The van der Waals surface area contributed by atoms with Gasteiger partial charge in [-0.15, -0.1) is 0 Å². The first-order chi connectivity index (χ1) is 9.08. The lowest BCUT2D eigenvalue weighted by Crippen LogP contribution is -2.42. The quantitative estimate of drug-likeness (QED) is 0.646. The van der Waals surface area contributed by atoms with Gasteiger partial charge in [0.1, 0.15) is 5.82 Å². The van der Waals surface area contributed by atoms with Gasteiger partial charge in [0, 0.05) is 24.8 Å². The van der Waals surface area contributed by atoms with Gasteiger partial charge in [0.15, 0.2) is 0 Å². The predicted molar refractivity (Wildman–Crippen MR) is 75.6 cm³/mol. The monoisotopic (exact) mass is 262 g/mol. The Bertz CT molecular complexity index is 453. The number of hydrogen-bond donors (Lipinski definition) is 2. The summed E-state index contributed by atoms with van der Waals surface area (Å²) >= 11 is 0. The van der Waals surface area contributed by atoms with Gasteiger partial charge in [0.25, 0.3) is 5.91 Å². The summed E-state index contributed by atoms with van der Waals surface area (Å²) in [6.45, 7) is 6.19. The number of piperidine rings is 1. The Kier molecular flexibility index (Phi) is 4.04. The van der Waals surface area contributed by atoms with E-state index in [4.69, 9.17) is 5.84 Å². The number of rotatable bonds is 3. The van der Waals surface area contributed by atoms with Crippen molar-refractivity contribution in [3.05, 3.63) is 23.9 Å². The molecule has 104 valence electrons. The fraction of sp³-hybridized carbons (Fsp3) is 0.571. The maximum Gasteiger partial charge on any atom is 0.254 e. The number of anilines is 1. The molecule has 1 fully saturated rings. The predicted octanol–water partition coefficient (Wildman–Crippen LogP) is 2.02. The topological polar surface area (TPSA) is 71.2 Å². The van der Waals surface area contributed by atoms with Gasteiger partial charge >= 0.3 is 0 Å². The zero-order chi connectivity index (χ0) is 13.9. The maximum absolute atomic E-state index is 12.4. The SMILES string of the molecule is CCC1(C)CCN(C(=O)c2ccnc(NN)c2)CC1. The van der Waals surface area contributed by atoms with Crippen molar-refractivity contribution >= 4 is 11.7 Å². The number of pyridine rings is 1. The summed E-state index contributed by atoms with van der Waals surface area (Å²) < 4.78 is 0. The van der Waals surface area contributed by atoms with Crippen molar-refractivity contribution in [2.75, 3.05) is 18.5 Å². The number of carbonyl (C=O) groups is 1. The second kappa shape index (κ2) is 5.57. The standard InChI is InChI=1S/C14H22N4O/c1-3-14(2)5-8-18(9-6-14)13(19)11-4-7-16-12(10-11)17-15/h4,7,10H,3,5-6,8-9,15H2,1-2H3,(H,16,17). The summed E-state index contributed by atoms with van der Waals surface area (Å²) in [5, 5.41) is 0. The van der Waals surface area contributed by atoms with Gasteiger partial charge in [-0.05, 0) is 30.4 Å². The molecular weight excluding hydrogens is 240 g/mol. The molecule has 0 aromatic carbocycles. The Hall–Kier alpha value is -1.62. The highest BCUT2D eigenvalue weighted by atomic mass is 16.2. The number of aromatic nitrogens is 1. The fourth-order valence-corrected chi connectivity index (χ4v) is 2.43. The van der Waals surface area contributed by atoms with Crippen LogP contribution in [0.4, 0.5) is 5.82 Å². The number of nitrogens with two attached hydrogens (primary N) is 1. The number of nitrogen functional groups attached to an aromatic ring is 1. The van der Waals surface area contributed by atoms with E-state index in [2.05, 4.69) is 24.3 Å². The zero-order valence-corrected chi connectivity index (χ0v) is 11.6. The molecule has 1 saturated heterocycles. The van der Waals surface area contributed by atoms with Crippen molar-refractivity contribution in [1.29, 1.82) is 0 Å². The van der Waals surface area contributed by atoms with Gasteiger partial charge in [-0.3, -0.25) is 4.79 Å². The van der Waals surface area contributed by atoms with Crippen molar-refractivity contribution in [1.82, 2.24) is 9.88 Å². The van der Waals surface area contributed by atoms with Crippen LogP contribution in [0.3, 0.4) is 0 Å². The molecule has 0 saturated carbocycles. The first-order valence-electron chi connectivity index (χ1n) is 6.80. The Balaban J connectivity index is 2.05. The Morgan fingerprint density at radius 3 is 2.79 bits per heavy atom. The summed E-state index contributed by atoms with van der Waals surface area (Å²) in [5.41, 5.74) is 3.50. The summed E-state index contributed by atoms with van der Waals surface area (Å²) in [7, 11) is 0. The maximum atomic E-state index is 12.4. The van der Waals surface area contributed by atoms with Crippen molar-refractivity contribution in [2.45, 2.75) is 33.1 Å². The van der Waals surface area contributed by atoms with E-state index < -0.39 is 0 Å². The van der Waals surface area contributed by atoms with Crippen molar-refractivity contribution < 1.29 is 4.79 Å². The van der Waals surface area contributed by atoms with E-state index in [0.717, 1.165) is 25.9 Å². The molecule has 1 aliphatic heterocycles. The normalized spacial score (nSPS) is 18.2. The molecule has 19 heavy (non-hydrogen) atoms. The Morgan fingerprint density at radius 2 is 2.21 bits per heavy atom. The van der Waals surface area contributed by atoms with E-state index in [9.17, 15) is 4.79 Å². The molecule has 3 N–H and O–H groups in total. The van der Waals surface area contributed by atoms with Crippen LogP contribution in [0.5, 0.6) is 0 Å². The second-order valence-electron chi connectivity index (χ2n) is 5.53. The molecule has 0 bridgehead atoms. The average Bonchev–Trinajstić information content (AvgIpc) is 2.47. The van der Waals surface area contributed by atoms with Crippen LogP contribution in [0.2, 0.25) is 0 Å². The number of nitrogens with zero attached hydrogens (tertiary/aromatic N) is 2. The third kappa shape index (κ3) is 3.04. The minimum absolute atomic E-state index is 0.0667. The van der Waals surface area contributed by atoms with E-state index >= 15 is 0 Å². The molecule has 1 aromatic heterocycles. The molecule has 0 unspecified atom stereocenters. The molecule has 5 nitrogen and oxygen atoms in total. The van der Waals surface area contributed by atoms with Crippen molar-refractivity contribution in [2.24, 2.45) is 11.3 Å². The van der Waals surface area contributed by atoms with E-state index in [1.807, 2.05) is 4.90 Å². The lowest BCUT2D eigenvalue weighted by molar-refractivity contribution is 0.0600. The molecule has 0 aliphatic carbocycles. The van der Waals surface area contributed by atoms with Crippen LogP contribution in [0.15, 0.2) is 18.3 Å². The van der Waals surface area contributed by atoms with Gasteiger partial charge in [0.2, 0.25) is 0 Å². The molecule has 0 atom stereocenters. The molecular formula is C14H22N4O. The highest BCUT2D eigenvalue weighted by Gasteiger charge is 2.30. The lowest BCUT2D eigenvalue weighted by atomic mass is 9.78. The molecule has 2 heterocycles. The third-order valence-electron chi connectivity index (χ3n) is 4.27. The van der Waals surface area contributed by atoms with Crippen LogP contribution in [0.1, 0.15) is 43.5 Å². The number of carbonyl (C=O) groups excluding carboxylic acids is 1. The smallest absolute Gasteiger partial charge is 0.254 e. The summed E-state index contributed by atoms with van der Waals surface area (Å²) in [4.78, 5) is 18.3. The Labute approximate surface area is 114 Å². The molecule has 0 spiro atoms. The van der Waals surface area contributed by atoms with Crippen LogP contribution in [0, 0.1) is 5.41 Å². The molecule has 0 radical (unpaired) electrons. The highest BCUT2D eigenvalue weighted by molar-refractivity contribution is 5.94. The van der Waals surface area contributed by atoms with Gasteiger partial charge in [-0.2, -0.15) is 0 Å². The van der Waals surface area contributed by atoms with E-state index in [0.29, 0.717) is 16.8 Å². The lowest BCUT2D eigenvalue weighted by Gasteiger charge is -2.38. The largest absolute Gasteiger partial charge is 0.339 e. The summed E-state index contributed by atoms with van der Waals surface area (Å²) in [5.74, 6) is 5.90.